The molecule has 3 aromatic rings. The molecule has 0 spiro atoms. The number of rotatable bonds is 6. The van der Waals surface area contributed by atoms with Crippen molar-refractivity contribution in [1.82, 2.24) is 9.55 Å². The van der Waals surface area contributed by atoms with E-state index < -0.39 is 31.9 Å². The largest absolute Gasteiger partial charge is 0.404 e. The minimum Gasteiger partial charge on any atom is -0.404 e. The minimum atomic E-state index is -2.81. The second-order valence-electron chi connectivity index (χ2n) is 9.79. The summed E-state index contributed by atoms with van der Waals surface area (Å²) in [6, 6.07) is 22.0. The molecule has 0 bridgehead atoms. The average Bonchev–Trinajstić information content (AvgIpc) is 2.82. The molecule has 0 radical (unpaired) electrons. The van der Waals surface area contributed by atoms with E-state index >= 15 is 0 Å². The number of hydrogen-bond donors (Lipinski definition) is 2. The number of aromatic nitrogens is 2. The number of nitrogens with zero attached hydrogens (tertiary/aromatic N) is 1. The van der Waals surface area contributed by atoms with E-state index in [1.807, 2.05) is 36.4 Å². The van der Waals surface area contributed by atoms with E-state index in [1.54, 1.807) is 0 Å². The molecule has 7 nitrogen and oxygen atoms in total. The van der Waals surface area contributed by atoms with Crippen LogP contribution >= 0.6 is 0 Å². The third-order valence-electron chi connectivity index (χ3n) is 6.47. The van der Waals surface area contributed by atoms with Crippen LogP contribution in [0.5, 0.6) is 0 Å². The van der Waals surface area contributed by atoms with Crippen molar-refractivity contribution in [2.24, 2.45) is 0 Å². The Morgan fingerprint density at radius 1 is 1.00 bits per heavy atom. The number of H-pyrrole nitrogens is 1. The van der Waals surface area contributed by atoms with Gasteiger partial charge in [-0.2, -0.15) is 0 Å². The van der Waals surface area contributed by atoms with E-state index in [4.69, 9.17) is 9.16 Å². The number of hydrogen-bond acceptors (Lipinski definition) is 5. The molecule has 1 aliphatic heterocycles. The Labute approximate surface area is 200 Å². The van der Waals surface area contributed by atoms with Crippen molar-refractivity contribution >= 4 is 18.7 Å². The van der Waals surface area contributed by atoms with Gasteiger partial charge in [0.05, 0.1) is 18.8 Å². The Balaban J connectivity index is 1.79. The normalized spacial score (nSPS) is 21.4. The van der Waals surface area contributed by atoms with Crippen LogP contribution in [0.15, 0.2) is 82.5 Å². The number of benzene rings is 2. The molecule has 1 aromatic heterocycles. The Bertz CT molecular complexity index is 1160. The number of ether oxygens (including phenoxy) is 1. The molecule has 1 saturated heterocycles. The zero-order chi connectivity index (χ0) is 24.3. The van der Waals surface area contributed by atoms with Crippen molar-refractivity contribution in [1.29, 1.82) is 0 Å². The molecule has 0 saturated carbocycles. The molecular weight excluding hydrogens is 448 g/mol. The van der Waals surface area contributed by atoms with Crippen molar-refractivity contribution in [3.8, 4) is 0 Å². The molecule has 0 amide bonds. The van der Waals surface area contributed by atoms with Crippen LogP contribution in [-0.4, -0.2) is 41.8 Å². The molecule has 2 N–H and O–H groups in total. The highest BCUT2D eigenvalue weighted by atomic mass is 28.4. The summed E-state index contributed by atoms with van der Waals surface area (Å²) in [6.45, 7) is 6.46. The zero-order valence-corrected chi connectivity index (χ0v) is 20.8. The fourth-order valence-electron chi connectivity index (χ4n) is 4.94. The summed E-state index contributed by atoms with van der Waals surface area (Å²) in [7, 11) is -2.81. The minimum absolute atomic E-state index is 0.185. The Hall–Kier alpha value is -2.78. The monoisotopic (exact) mass is 480 g/mol. The number of aliphatic hydroxyl groups is 1. The standard InChI is InChI=1S/C26H32N2O5Si/c1-26(2,3)34(21-10-6-4-7-11-21,22-12-8-5-9-13-22)33-19-16-20(18-29)32-24(17-19)28-15-14-23(30)27-25(28)31/h4-15,19-20,24,29H,16-18H2,1-3H3,(H,27,30,31). The Kier molecular flexibility index (Phi) is 7.04. The van der Waals surface area contributed by atoms with E-state index in [1.165, 1.54) is 27.2 Å². The quantitative estimate of drug-likeness (QED) is 0.528. The fourth-order valence-corrected chi connectivity index (χ4v) is 9.64. The van der Waals surface area contributed by atoms with Crippen molar-refractivity contribution in [2.75, 3.05) is 6.61 Å². The predicted octanol–water partition coefficient (Wildman–Crippen LogP) is 2.15. The number of aliphatic hydroxyl groups excluding tert-OH is 1. The van der Waals surface area contributed by atoms with Crippen LogP contribution in [0.25, 0.3) is 0 Å². The van der Waals surface area contributed by atoms with Crippen LogP contribution in [0, 0.1) is 0 Å². The molecule has 4 rings (SSSR count). The lowest BCUT2D eigenvalue weighted by Gasteiger charge is -2.47. The Morgan fingerprint density at radius 2 is 1.59 bits per heavy atom. The topological polar surface area (TPSA) is 93.5 Å². The summed E-state index contributed by atoms with van der Waals surface area (Å²) in [4.78, 5) is 26.3. The van der Waals surface area contributed by atoms with E-state index in [0.29, 0.717) is 12.8 Å². The molecule has 3 atom stereocenters. The molecule has 2 heterocycles. The van der Waals surface area contributed by atoms with Crippen LogP contribution < -0.4 is 21.6 Å². The van der Waals surface area contributed by atoms with Crippen molar-refractivity contribution in [2.45, 2.75) is 57.1 Å². The maximum Gasteiger partial charge on any atom is 0.330 e. The molecule has 180 valence electrons. The molecule has 1 fully saturated rings. The van der Waals surface area contributed by atoms with Crippen LogP contribution in [0.3, 0.4) is 0 Å². The third-order valence-corrected chi connectivity index (χ3v) is 11.6. The van der Waals surface area contributed by atoms with Gasteiger partial charge in [0.1, 0.15) is 6.23 Å². The molecule has 8 heteroatoms. The van der Waals surface area contributed by atoms with Gasteiger partial charge < -0.3 is 14.3 Å². The van der Waals surface area contributed by atoms with Crippen LogP contribution in [0.2, 0.25) is 5.04 Å². The summed E-state index contributed by atoms with van der Waals surface area (Å²) in [5.41, 5.74) is -1.00. The predicted molar refractivity (Wildman–Crippen MR) is 134 cm³/mol. The highest BCUT2D eigenvalue weighted by molar-refractivity contribution is 6.99. The molecule has 0 aliphatic carbocycles. The smallest absolute Gasteiger partial charge is 0.330 e. The molecule has 34 heavy (non-hydrogen) atoms. The number of aromatic amines is 1. The average molecular weight is 481 g/mol. The second-order valence-corrected chi connectivity index (χ2v) is 14.0. The van der Waals surface area contributed by atoms with E-state index in [9.17, 15) is 14.7 Å². The maximum absolute atomic E-state index is 12.5. The van der Waals surface area contributed by atoms with Crippen LogP contribution in [0.1, 0.15) is 39.8 Å². The first-order valence-corrected chi connectivity index (χ1v) is 13.5. The first kappa shape index (κ1) is 24.3. The van der Waals surface area contributed by atoms with Crippen molar-refractivity contribution < 1.29 is 14.3 Å². The van der Waals surface area contributed by atoms with Gasteiger partial charge in [0, 0.05) is 25.1 Å². The van der Waals surface area contributed by atoms with Crippen molar-refractivity contribution in [3.63, 3.8) is 0 Å². The van der Waals surface area contributed by atoms with Gasteiger partial charge in [-0.25, -0.2) is 4.79 Å². The van der Waals surface area contributed by atoms with Gasteiger partial charge in [-0.1, -0.05) is 81.4 Å². The highest BCUT2D eigenvalue weighted by Gasteiger charge is 2.52. The van der Waals surface area contributed by atoms with Crippen LogP contribution in [-0.2, 0) is 9.16 Å². The second kappa shape index (κ2) is 9.83. The number of nitrogens with one attached hydrogen (secondary N) is 1. The lowest BCUT2D eigenvalue weighted by atomic mass is 10.0. The zero-order valence-electron chi connectivity index (χ0n) is 19.8. The van der Waals surface area contributed by atoms with Crippen molar-refractivity contribution in [3.05, 3.63) is 93.8 Å². The first-order valence-electron chi connectivity index (χ1n) is 11.6. The van der Waals surface area contributed by atoms with E-state index in [0.717, 1.165) is 0 Å². The first-order chi connectivity index (χ1) is 16.2. The van der Waals surface area contributed by atoms with Gasteiger partial charge in [0.25, 0.3) is 13.9 Å². The summed E-state index contributed by atoms with van der Waals surface area (Å²) >= 11 is 0. The third kappa shape index (κ3) is 4.72. The van der Waals surface area contributed by atoms with E-state index in [2.05, 4.69) is 50.0 Å². The van der Waals surface area contributed by atoms with E-state index in [-0.39, 0.29) is 17.7 Å². The SMILES string of the molecule is CC(C)(C)[Si](OC1CC(CO)OC(n2ccc(=O)[nH]c2=O)C1)(c1ccccc1)c1ccccc1. The van der Waals surface area contributed by atoms with Gasteiger partial charge in [-0.15, -0.1) is 0 Å². The lowest BCUT2D eigenvalue weighted by molar-refractivity contribution is -0.140. The van der Waals surface area contributed by atoms with Gasteiger partial charge in [-0.05, 0) is 15.4 Å². The summed E-state index contributed by atoms with van der Waals surface area (Å²) in [5, 5.41) is 12.1. The van der Waals surface area contributed by atoms with Gasteiger partial charge in [0.2, 0.25) is 0 Å². The highest BCUT2D eigenvalue weighted by Crippen LogP contribution is 2.40. The Morgan fingerprint density at radius 3 is 2.09 bits per heavy atom. The molecule has 1 aliphatic rings. The van der Waals surface area contributed by atoms with Gasteiger partial charge >= 0.3 is 5.69 Å². The van der Waals surface area contributed by atoms with Crippen LogP contribution in [0.4, 0.5) is 0 Å². The molecule has 3 unspecified atom stereocenters. The summed E-state index contributed by atoms with van der Waals surface area (Å²) in [5.74, 6) is 0. The molecule has 2 aromatic carbocycles. The van der Waals surface area contributed by atoms with Gasteiger partial charge in [-0.3, -0.25) is 14.3 Å². The summed E-state index contributed by atoms with van der Waals surface area (Å²) < 4.78 is 14.6. The maximum atomic E-state index is 12.5. The summed E-state index contributed by atoms with van der Waals surface area (Å²) in [6.07, 6.45) is 0.967. The lowest BCUT2D eigenvalue weighted by Crippen LogP contribution is -2.68. The van der Waals surface area contributed by atoms with Gasteiger partial charge in [0.15, 0.2) is 0 Å². The molecular formula is C26H32N2O5Si. The fraction of sp³-hybridized carbons (Fsp3) is 0.385.